The molecule has 0 radical (unpaired) electrons. The molecule has 0 spiro atoms. The fourth-order valence-electron chi connectivity index (χ4n) is 4.49. The molecule has 204 valence electrons. The normalized spacial score (nSPS) is 17.7. The van der Waals surface area contributed by atoms with Gasteiger partial charge in [0.05, 0.1) is 23.8 Å². The van der Waals surface area contributed by atoms with Crippen molar-refractivity contribution in [2.75, 3.05) is 18.8 Å². The van der Waals surface area contributed by atoms with Crippen molar-refractivity contribution in [3.05, 3.63) is 63.1 Å². The van der Waals surface area contributed by atoms with Gasteiger partial charge in [0.2, 0.25) is 0 Å². The number of nitrogens with zero attached hydrogens (tertiary/aromatic N) is 5. The SMILES string of the molecule is Cc1csc(C(=O)N2C[C@H](F)[C@H](NC(=O)c3cc(-c4cc(C(F)(F)F)c5c(N)ncnn45)c(F)cc3C)C2)n1. The third kappa shape index (κ3) is 4.77. The number of thiazole rings is 1. The number of hydrogen-bond donors (Lipinski definition) is 2. The van der Waals surface area contributed by atoms with Crippen LogP contribution in [0, 0.1) is 19.7 Å². The number of rotatable bonds is 4. The molecule has 0 aliphatic carbocycles. The minimum atomic E-state index is -4.84. The Labute approximate surface area is 221 Å². The highest BCUT2D eigenvalue weighted by Crippen LogP contribution is 2.39. The predicted molar refractivity (Wildman–Crippen MR) is 131 cm³/mol. The van der Waals surface area contributed by atoms with Crippen molar-refractivity contribution in [1.29, 1.82) is 0 Å². The zero-order chi connectivity index (χ0) is 28.2. The molecule has 3 aromatic heterocycles. The van der Waals surface area contributed by atoms with Crippen LogP contribution >= 0.6 is 11.3 Å². The maximum atomic E-state index is 15.1. The molecule has 5 rings (SSSR count). The van der Waals surface area contributed by atoms with Gasteiger partial charge in [-0.25, -0.2) is 23.3 Å². The van der Waals surface area contributed by atoms with Gasteiger partial charge in [-0.15, -0.1) is 11.3 Å². The van der Waals surface area contributed by atoms with Crippen LogP contribution in [0.25, 0.3) is 16.8 Å². The van der Waals surface area contributed by atoms with Crippen LogP contribution in [0.3, 0.4) is 0 Å². The molecule has 4 heterocycles. The number of carbonyl (C=O) groups is 2. The van der Waals surface area contributed by atoms with Crippen LogP contribution in [0.5, 0.6) is 0 Å². The van der Waals surface area contributed by atoms with E-state index in [-0.39, 0.29) is 40.5 Å². The van der Waals surface area contributed by atoms with Crippen LogP contribution < -0.4 is 11.1 Å². The fraction of sp³-hybridized carbons (Fsp3) is 0.292. The second-order valence-corrected chi connectivity index (χ2v) is 9.95. The Morgan fingerprint density at radius 2 is 1.92 bits per heavy atom. The molecule has 39 heavy (non-hydrogen) atoms. The minimum absolute atomic E-state index is 0.0931. The largest absolute Gasteiger partial charge is 0.418 e. The lowest BCUT2D eigenvalue weighted by Gasteiger charge is -2.17. The van der Waals surface area contributed by atoms with E-state index in [4.69, 9.17) is 5.73 Å². The number of amides is 2. The number of anilines is 1. The first-order chi connectivity index (χ1) is 18.3. The molecule has 1 fully saturated rings. The van der Waals surface area contributed by atoms with Crippen molar-refractivity contribution < 1.29 is 31.5 Å². The lowest BCUT2D eigenvalue weighted by Crippen LogP contribution is -2.42. The quantitative estimate of drug-likeness (QED) is 0.364. The second-order valence-electron chi connectivity index (χ2n) is 9.09. The highest BCUT2D eigenvalue weighted by Gasteiger charge is 2.39. The van der Waals surface area contributed by atoms with E-state index in [2.05, 4.69) is 20.4 Å². The molecule has 4 aromatic rings. The second kappa shape index (κ2) is 9.55. The molecule has 1 saturated heterocycles. The summed E-state index contributed by atoms with van der Waals surface area (Å²) in [6.07, 6.45) is -5.50. The molecular formula is C24H20F5N7O2S. The number of alkyl halides is 4. The van der Waals surface area contributed by atoms with Crippen LogP contribution in [0.15, 0.2) is 29.9 Å². The fourth-order valence-corrected chi connectivity index (χ4v) is 5.25. The van der Waals surface area contributed by atoms with Crippen molar-refractivity contribution >= 4 is 34.5 Å². The number of benzene rings is 1. The number of nitrogens with two attached hydrogens (primary N) is 1. The molecule has 1 aromatic carbocycles. The molecule has 0 bridgehead atoms. The van der Waals surface area contributed by atoms with Crippen LogP contribution in [-0.2, 0) is 6.18 Å². The Balaban J connectivity index is 1.45. The summed E-state index contributed by atoms with van der Waals surface area (Å²) >= 11 is 1.13. The van der Waals surface area contributed by atoms with Crippen molar-refractivity contribution in [3.63, 3.8) is 0 Å². The summed E-state index contributed by atoms with van der Waals surface area (Å²) in [5.74, 6) is -2.62. The van der Waals surface area contributed by atoms with E-state index in [1.807, 2.05) is 0 Å². The number of halogens is 5. The molecular weight excluding hydrogens is 545 g/mol. The maximum Gasteiger partial charge on any atom is 0.418 e. The van der Waals surface area contributed by atoms with Crippen molar-refractivity contribution in [2.24, 2.45) is 0 Å². The first-order valence-corrected chi connectivity index (χ1v) is 12.4. The van der Waals surface area contributed by atoms with Gasteiger partial charge in [0, 0.05) is 28.7 Å². The molecule has 0 unspecified atom stereocenters. The minimum Gasteiger partial charge on any atom is -0.382 e. The smallest absolute Gasteiger partial charge is 0.382 e. The summed E-state index contributed by atoms with van der Waals surface area (Å²) in [5.41, 5.74) is 4.00. The van der Waals surface area contributed by atoms with Gasteiger partial charge < -0.3 is 16.0 Å². The topological polar surface area (TPSA) is 119 Å². The molecule has 1 aliphatic heterocycles. The van der Waals surface area contributed by atoms with Gasteiger partial charge >= 0.3 is 6.18 Å². The number of aryl methyl sites for hydroxylation is 2. The van der Waals surface area contributed by atoms with E-state index in [1.54, 1.807) is 12.3 Å². The van der Waals surface area contributed by atoms with Crippen LogP contribution in [0.4, 0.5) is 27.8 Å². The highest BCUT2D eigenvalue weighted by atomic mass is 32.1. The number of nitrogens with one attached hydrogen (secondary N) is 1. The Morgan fingerprint density at radius 1 is 1.18 bits per heavy atom. The third-order valence-corrected chi connectivity index (χ3v) is 7.33. The highest BCUT2D eigenvalue weighted by molar-refractivity contribution is 7.11. The number of nitrogen functional groups attached to an aromatic ring is 1. The Kier molecular flexibility index (Phi) is 6.48. The Hall–Kier alpha value is -4.14. The summed E-state index contributed by atoms with van der Waals surface area (Å²) in [6, 6.07) is 1.68. The summed E-state index contributed by atoms with van der Waals surface area (Å²) in [7, 11) is 0. The molecule has 2 amide bonds. The summed E-state index contributed by atoms with van der Waals surface area (Å²) in [5, 5.41) is 8.22. The van der Waals surface area contributed by atoms with Crippen LogP contribution in [0.2, 0.25) is 0 Å². The van der Waals surface area contributed by atoms with E-state index in [0.29, 0.717) is 11.8 Å². The zero-order valence-electron chi connectivity index (χ0n) is 20.4. The third-order valence-electron chi connectivity index (χ3n) is 6.38. The van der Waals surface area contributed by atoms with Gasteiger partial charge in [-0.3, -0.25) is 9.59 Å². The molecule has 9 nitrogen and oxygen atoms in total. The van der Waals surface area contributed by atoms with Crippen LogP contribution in [0.1, 0.15) is 37.0 Å². The molecule has 3 N–H and O–H groups in total. The van der Waals surface area contributed by atoms with Gasteiger partial charge in [-0.2, -0.15) is 18.3 Å². The van der Waals surface area contributed by atoms with E-state index < -0.39 is 52.9 Å². The average Bonchev–Trinajstić information content (AvgIpc) is 3.56. The number of likely N-dealkylation sites (tertiary alicyclic amines) is 1. The van der Waals surface area contributed by atoms with Gasteiger partial charge in [-0.1, -0.05) is 0 Å². The Morgan fingerprint density at radius 3 is 2.59 bits per heavy atom. The van der Waals surface area contributed by atoms with Crippen molar-refractivity contribution in [1.82, 2.24) is 29.8 Å². The molecule has 2 atom stereocenters. The number of carbonyl (C=O) groups excluding carboxylic acids is 2. The summed E-state index contributed by atoms with van der Waals surface area (Å²) < 4.78 is 71.8. The maximum absolute atomic E-state index is 15.1. The summed E-state index contributed by atoms with van der Waals surface area (Å²) in [4.78, 5) is 34.7. The van der Waals surface area contributed by atoms with Crippen molar-refractivity contribution in [2.45, 2.75) is 32.2 Å². The van der Waals surface area contributed by atoms with Gasteiger partial charge in [0.25, 0.3) is 11.8 Å². The van der Waals surface area contributed by atoms with E-state index in [1.165, 1.54) is 11.8 Å². The van der Waals surface area contributed by atoms with Crippen molar-refractivity contribution in [3.8, 4) is 11.3 Å². The summed E-state index contributed by atoms with van der Waals surface area (Å²) in [6.45, 7) is 2.78. The molecule has 15 heteroatoms. The first-order valence-electron chi connectivity index (χ1n) is 11.5. The average molecular weight is 566 g/mol. The lowest BCUT2D eigenvalue weighted by molar-refractivity contribution is -0.136. The van der Waals surface area contributed by atoms with Crippen LogP contribution in [-0.4, -0.2) is 61.6 Å². The predicted octanol–water partition coefficient (Wildman–Crippen LogP) is 3.80. The number of fused-ring (bicyclic) bond motifs is 1. The monoisotopic (exact) mass is 565 g/mol. The molecule has 1 aliphatic rings. The van der Waals surface area contributed by atoms with Gasteiger partial charge in [-0.05, 0) is 37.6 Å². The number of aromatic nitrogens is 4. The zero-order valence-corrected chi connectivity index (χ0v) is 21.2. The van der Waals surface area contributed by atoms with E-state index in [9.17, 15) is 27.2 Å². The Bertz CT molecular complexity index is 1620. The van der Waals surface area contributed by atoms with Gasteiger partial charge in [0.15, 0.2) is 10.8 Å². The van der Waals surface area contributed by atoms with Gasteiger partial charge in [0.1, 0.15) is 23.8 Å². The standard InChI is InChI=1S/C24H20F5N7O2S/c1-10-3-15(25)13(18-5-14(24(27,28)29)19-20(30)31-9-32-36(18)19)4-12(10)21(37)34-17-7-35(6-16(17)26)23(38)22-33-11(2)8-39-22/h3-5,8-9,16-17H,6-7H2,1-2H3,(H,34,37)(H2,30,31,32)/t16-,17+/m0/s1. The number of hydrogen-bond acceptors (Lipinski definition) is 7. The first kappa shape index (κ1) is 26.5. The van der Waals surface area contributed by atoms with E-state index in [0.717, 1.165) is 34.3 Å². The lowest BCUT2D eigenvalue weighted by atomic mass is 10.0. The molecule has 0 saturated carbocycles. The van der Waals surface area contributed by atoms with E-state index >= 15 is 4.39 Å².